The number of benzene rings is 1. The summed E-state index contributed by atoms with van der Waals surface area (Å²) < 4.78 is 0. The van der Waals surface area contributed by atoms with Gasteiger partial charge in [-0.2, -0.15) is 0 Å². The van der Waals surface area contributed by atoms with E-state index < -0.39 is 0 Å². The molecular weight excluding hydrogens is 242 g/mol. The SMILES string of the molecule is N/C(=N/O)[C@@H]1CC(=O)N([C@H]2CCc3ccccc32)C1. The maximum Gasteiger partial charge on any atom is 0.223 e. The largest absolute Gasteiger partial charge is 0.409 e. The Kier molecular flexibility index (Phi) is 2.89. The van der Waals surface area contributed by atoms with E-state index in [1.807, 2.05) is 17.0 Å². The fraction of sp³-hybridized carbons (Fsp3) is 0.429. The molecule has 19 heavy (non-hydrogen) atoms. The third kappa shape index (κ3) is 1.95. The lowest BCUT2D eigenvalue weighted by atomic mass is 10.1. The van der Waals surface area contributed by atoms with E-state index in [0.717, 1.165) is 12.8 Å². The molecule has 1 fully saturated rings. The molecule has 1 aromatic carbocycles. The van der Waals surface area contributed by atoms with Gasteiger partial charge in [-0.05, 0) is 24.0 Å². The van der Waals surface area contributed by atoms with E-state index >= 15 is 0 Å². The molecule has 1 heterocycles. The molecule has 3 N–H and O–H groups in total. The van der Waals surface area contributed by atoms with Crippen LogP contribution < -0.4 is 5.73 Å². The molecule has 2 atom stereocenters. The number of likely N-dealkylation sites (tertiary alicyclic amines) is 1. The fourth-order valence-corrected chi connectivity index (χ4v) is 3.17. The molecule has 0 spiro atoms. The monoisotopic (exact) mass is 259 g/mol. The maximum atomic E-state index is 12.1. The molecule has 100 valence electrons. The van der Waals surface area contributed by atoms with Gasteiger partial charge in [-0.3, -0.25) is 4.79 Å². The third-order valence-electron chi connectivity index (χ3n) is 4.17. The summed E-state index contributed by atoms with van der Waals surface area (Å²) in [5.41, 5.74) is 8.19. The number of fused-ring (bicyclic) bond motifs is 1. The van der Waals surface area contributed by atoms with E-state index in [9.17, 15) is 4.79 Å². The van der Waals surface area contributed by atoms with Gasteiger partial charge in [0.2, 0.25) is 5.91 Å². The number of hydrogen-bond donors (Lipinski definition) is 2. The number of carbonyl (C=O) groups is 1. The molecule has 1 aliphatic carbocycles. The maximum absolute atomic E-state index is 12.1. The number of oxime groups is 1. The summed E-state index contributed by atoms with van der Waals surface area (Å²) >= 11 is 0. The van der Waals surface area contributed by atoms with E-state index in [-0.39, 0.29) is 23.7 Å². The molecule has 1 aromatic rings. The number of amides is 1. The van der Waals surface area contributed by atoms with Gasteiger partial charge in [0.1, 0.15) is 5.84 Å². The second kappa shape index (κ2) is 4.57. The van der Waals surface area contributed by atoms with Crippen molar-refractivity contribution in [2.75, 3.05) is 6.54 Å². The standard InChI is InChI=1S/C14H17N3O2/c15-14(16-19)10-7-13(18)17(8-10)12-6-5-9-3-1-2-4-11(9)12/h1-4,10,12,19H,5-8H2,(H2,15,16)/t10-,12+/m1/s1. The minimum absolute atomic E-state index is 0.0957. The van der Waals surface area contributed by atoms with E-state index in [0.29, 0.717) is 13.0 Å². The van der Waals surface area contributed by atoms with E-state index in [4.69, 9.17) is 10.9 Å². The summed E-state index contributed by atoms with van der Waals surface area (Å²) in [6.45, 7) is 0.549. The van der Waals surface area contributed by atoms with Crippen LogP contribution in [0.25, 0.3) is 0 Å². The Morgan fingerprint density at radius 3 is 3.00 bits per heavy atom. The zero-order valence-corrected chi connectivity index (χ0v) is 10.6. The number of carbonyl (C=O) groups excluding carboxylic acids is 1. The van der Waals surface area contributed by atoms with Gasteiger partial charge in [0.05, 0.1) is 6.04 Å². The molecule has 0 saturated carbocycles. The average Bonchev–Trinajstić information content (AvgIpc) is 3.01. The van der Waals surface area contributed by atoms with Crippen LogP contribution in [0, 0.1) is 5.92 Å². The number of hydrogen-bond acceptors (Lipinski definition) is 3. The first-order valence-corrected chi connectivity index (χ1v) is 6.55. The predicted octanol–water partition coefficient (Wildman–Crippen LogP) is 1.27. The van der Waals surface area contributed by atoms with Crippen molar-refractivity contribution in [1.29, 1.82) is 0 Å². The molecule has 1 saturated heterocycles. The molecule has 2 aliphatic rings. The highest BCUT2D eigenvalue weighted by Gasteiger charge is 2.39. The fourth-order valence-electron chi connectivity index (χ4n) is 3.17. The summed E-state index contributed by atoms with van der Waals surface area (Å²) in [6, 6.07) is 8.42. The van der Waals surface area contributed by atoms with Crippen LogP contribution in [-0.4, -0.2) is 28.4 Å². The molecule has 5 heteroatoms. The van der Waals surface area contributed by atoms with Gasteiger partial charge in [-0.1, -0.05) is 29.4 Å². The molecule has 0 unspecified atom stereocenters. The van der Waals surface area contributed by atoms with Crippen molar-refractivity contribution < 1.29 is 10.0 Å². The van der Waals surface area contributed by atoms with Gasteiger partial charge >= 0.3 is 0 Å². The Balaban J connectivity index is 1.83. The number of nitrogens with zero attached hydrogens (tertiary/aromatic N) is 2. The minimum atomic E-state index is -0.162. The van der Waals surface area contributed by atoms with Crippen LogP contribution in [0.3, 0.4) is 0 Å². The summed E-state index contributed by atoms with van der Waals surface area (Å²) in [5, 5.41) is 11.7. The van der Waals surface area contributed by atoms with Crippen molar-refractivity contribution in [3.05, 3.63) is 35.4 Å². The second-order valence-corrected chi connectivity index (χ2v) is 5.23. The van der Waals surface area contributed by atoms with Gasteiger partial charge in [-0.25, -0.2) is 0 Å². The highest BCUT2D eigenvalue weighted by atomic mass is 16.4. The topological polar surface area (TPSA) is 78.9 Å². The summed E-state index contributed by atoms with van der Waals surface area (Å²) in [4.78, 5) is 14.0. The Bertz CT molecular complexity index is 541. The normalized spacial score (nSPS) is 26.8. The van der Waals surface area contributed by atoms with Gasteiger partial charge in [-0.15, -0.1) is 0 Å². The Morgan fingerprint density at radius 2 is 2.21 bits per heavy atom. The molecule has 0 bridgehead atoms. The molecule has 0 radical (unpaired) electrons. The molecule has 1 amide bonds. The third-order valence-corrected chi connectivity index (χ3v) is 4.17. The van der Waals surface area contributed by atoms with Crippen molar-refractivity contribution in [2.24, 2.45) is 16.8 Å². The lowest BCUT2D eigenvalue weighted by Crippen LogP contribution is -2.31. The molecule has 5 nitrogen and oxygen atoms in total. The van der Waals surface area contributed by atoms with E-state index in [2.05, 4.69) is 17.3 Å². The molecule has 3 rings (SSSR count). The van der Waals surface area contributed by atoms with E-state index in [1.54, 1.807) is 0 Å². The van der Waals surface area contributed by atoms with Gasteiger partial charge in [0, 0.05) is 18.9 Å². The first-order chi connectivity index (χ1) is 9.20. The van der Waals surface area contributed by atoms with Crippen molar-refractivity contribution in [1.82, 2.24) is 4.90 Å². The number of amidine groups is 1. The van der Waals surface area contributed by atoms with Crippen LogP contribution in [0.4, 0.5) is 0 Å². The average molecular weight is 259 g/mol. The van der Waals surface area contributed by atoms with Crippen LogP contribution in [0.15, 0.2) is 29.4 Å². The van der Waals surface area contributed by atoms with Crippen molar-refractivity contribution >= 4 is 11.7 Å². The highest BCUT2D eigenvalue weighted by molar-refractivity contribution is 5.91. The van der Waals surface area contributed by atoms with Crippen LogP contribution in [0.5, 0.6) is 0 Å². The molecular formula is C14H17N3O2. The molecule has 1 aliphatic heterocycles. The smallest absolute Gasteiger partial charge is 0.223 e. The Labute approximate surface area is 111 Å². The lowest BCUT2D eigenvalue weighted by molar-refractivity contribution is -0.129. The second-order valence-electron chi connectivity index (χ2n) is 5.23. The summed E-state index contributed by atoms with van der Waals surface area (Å²) in [6.07, 6.45) is 2.32. The van der Waals surface area contributed by atoms with Crippen molar-refractivity contribution in [2.45, 2.75) is 25.3 Å². The summed E-state index contributed by atoms with van der Waals surface area (Å²) in [7, 11) is 0. The van der Waals surface area contributed by atoms with Gasteiger partial charge in [0.25, 0.3) is 0 Å². The number of aryl methyl sites for hydroxylation is 1. The quantitative estimate of drug-likeness (QED) is 0.363. The number of nitrogens with two attached hydrogens (primary N) is 1. The Hall–Kier alpha value is -2.04. The lowest BCUT2D eigenvalue weighted by Gasteiger charge is -2.25. The van der Waals surface area contributed by atoms with Crippen molar-refractivity contribution in [3.8, 4) is 0 Å². The van der Waals surface area contributed by atoms with Crippen molar-refractivity contribution in [3.63, 3.8) is 0 Å². The zero-order chi connectivity index (χ0) is 13.4. The first-order valence-electron chi connectivity index (χ1n) is 6.55. The van der Waals surface area contributed by atoms with Crippen LogP contribution in [0.2, 0.25) is 0 Å². The number of rotatable bonds is 2. The first kappa shape index (κ1) is 12.0. The van der Waals surface area contributed by atoms with Gasteiger partial charge in [0.15, 0.2) is 0 Å². The molecule has 0 aromatic heterocycles. The predicted molar refractivity (Wildman–Crippen MR) is 70.7 cm³/mol. The summed E-state index contributed by atoms with van der Waals surface area (Å²) in [5.74, 6) is 0.0886. The van der Waals surface area contributed by atoms with Crippen LogP contribution in [-0.2, 0) is 11.2 Å². The minimum Gasteiger partial charge on any atom is -0.409 e. The Morgan fingerprint density at radius 1 is 1.42 bits per heavy atom. The highest BCUT2D eigenvalue weighted by Crippen LogP contribution is 2.38. The van der Waals surface area contributed by atoms with Gasteiger partial charge < -0.3 is 15.8 Å². The zero-order valence-electron chi connectivity index (χ0n) is 10.6. The van der Waals surface area contributed by atoms with Crippen LogP contribution in [0.1, 0.15) is 30.0 Å². The van der Waals surface area contributed by atoms with Crippen LogP contribution >= 0.6 is 0 Å². The van der Waals surface area contributed by atoms with E-state index in [1.165, 1.54) is 11.1 Å².